The van der Waals surface area contributed by atoms with Crippen LogP contribution >= 0.6 is 0 Å². The summed E-state index contributed by atoms with van der Waals surface area (Å²) in [6, 6.07) is 6.16. The molecule has 0 unspecified atom stereocenters. The van der Waals surface area contributed by atoms with Crippen molar-refractivity contribution in [3.63, 3.8) is 0 Å². The Morgan fingerprint density at radius 1 is 1.03 bits per heavy atom. The molecule has 1 saturated heterocycles. The van der Waals surface area contributed by atoms with E-state index in [1.165, 1.54) is 16.4 Å². The van der Waals surface area contributed by atoms with Crippen molar-refractivity contribution in [2.45, 2.75) is 69.2 Å². The Morgan fingerprint density at radius 3 is 2.27 bits per heavy atom. The van der Waals surface area contributed by atoms with Gasteiger partial charge in [0.05, 0.1) is 4.90 Å². The van der Waals surface area contributed by atoms with E-state index in [2.05, 4.69) is 5.32 Å². The molecule has 0 spiro atoms. The summed E-state index contributed by atoms with van der Waals surface area (Å²) in [4.78, 5) is 28.3. The first-order chi connectivity index (χ1) is 14.3. The summed E-state index contributed by atoms with van der Waals surface area (Å²) < 4.78 is 27.2. The monoisotopic (exact) mass is 435 g/mol. The summed E-state index contributed by atoms with van der Waals surface area (Å²) >= 11 is 0. The number of sulfonamides is 1. The summed E-state index contributed by atoms with van der Waals surface area (Å²) in [6.07, 6.45) is 5.75. The lowest BCUT2D eigenvalue weighted by atomic mass is 9.80. The van der Waals surface area contributed by atoms with Gasteiger partial charge in [-0.3, -0.25) is 9.59 Å². The minimum absolute atomic E-state index is 0.0404. The van der Waals surface area contributed by atoms with Gasteiger partial charge >= 0.3 is 0 Å². The SMILES string of the molecule is CCN(CC)C(=O)C1(NC(=O)c2cccc(S(=O)(=O)N3CCCC3)c2)CCCCC1. The smallest absolute Gasteiger partial charge is 0.252 e. The van der Waals surface area contributed by atoms with Crippen LogP contribution in [-0.4, -0.2) is 61.2 Å². The van der Waals surface area contributed by atoms with Gasteiger partial charge in [-0.15, -0.1) is 0 Å². The Morgan fingerprint density at radius 2 is 1.67 bits per heavy atom. The van der Waals surface area contributed by atoms with Gasteiger partial charge in [-0.2, -0.15) is 4.31 Å². The third-order valence-electron chi connectivity index (χ3n) is 6.32. The molecule has 7 nitrogen and oxygen atoms in total. The number of rotatable bonds is 7. The van der Waals surface area contributed by atoms with Crippen LogP contribution in [0.15, 0.2) is 29.2 Å². The second-order valence-electron chi connectivity index (χ2n) is 8.21. The summed E-state index contributed by atoms with van der Waals surface area (Å²) in [6.45, 7) is 6.09. The molecule has 2 amide bonds. The lowest BCUT2D eigenvalue weighted by Crippen LogP contribution is -2.60. The molecule has 3 rings (SSSR count). The largest absolute Gasteiger partial charge is 0.341 e. The molecule has 1 saturated carbocycles. The van der Waals surface area contributed by atoms with E-state index >= 15 is 0 Å². The molecule has 0 bridgehead atoms. The molecular weight excluding hydrogens is 402 g/mol. The highest BCUT2D eigenvalue weighted by Crippen LogP contribution is 2.31. The molecule has 0 aromatic heterocycles. The summed E-state index contributed by atoms with van der Waals surface area (Å²) in [5.41, 5.74) is -0.641. The van der Waals surface area contributed by atoms with Crippen LogP contribution in [0.1, 0.15) is 69.2 Å². The average Bonchev–Trinajstić information content (AvgIpc) is 3.31. The predicted octanol–water partition coefficient (Wildman–Crippen LogP) is 2.77. The number of amides is 2. The van der Waals surface area contributed by atoms with Crippen LogP contribution in [0, 0.1) is 0 Å². The van der Waals surface area contributed by atoms with Crippen LogP contribution in [0.3, 0.4) is 0 Å². The van der Waals surface area contributed by atoms with Crippen molar-refractivity contribution in [1.82, 2.24) is 14.5 Å². The lowest BCUT2D eigenvalue weighted by Gasteiger charge is -2.40. The van der Waals surface area contributed by atoms with E-state index in [-0.39, 0.29) is 16.4 Å². The van der Waals surface area contributed by atoms with Gasteiger partial charge in [-0.25, -0.2) is 8.42 Å². The molecule has 1 aromatic rings. The molecule has 0 radical (unpaired) electrons. The molecule has 30 heavy (non-hydrogen) atoms. The molecule has 166 valence electrons. The van der Waals surface area contributed by atoms with E-state index in [1.807, 2.05) is 13.8 Å². The van der Waals surface area contributed by atoms with E-state index in [0.29, 0.717) is 39.0 Å². The Labute approximate surface area is 179 Å². The van der Waals surface area contributed by atoms with Crippen molar-refractivity contribution in [2.24, 2.45) is 0 Å². The molecule has 1 heterocycles. The van der Waals surface area contributed by atoms with Gasteiger partial charge in [0.15, 0.2) is 0 Å². The van der Waals surface area contributed by atoms with Crippen molar-refractivity contribution in [2.75, 3.05) is 26.2 Å². The summed E-state index contributed by atoms with van der Waals surface area (Å²) in [5.74, 6) is -0.433. The predicted molar refractivity (Wildman–Crippen MR) is 116 cm³/mol. The van der Waals surface area contributed by atoms with Crippen molar-refractivity contribution >= 4 is 21.8 Å². The van der Waals surface area contributed by atoms with Crippen molar-refractivity contribution in [3.05, 3.63) is 29.8 Å². The molecule has 2 aliphatic rings. The molecule has 8 heteroatoms. The first-order valence-corrected chi connectivity index (χ1v) is 12.5. The Bertz CT molecular complexity index is 868. The van der Waals surface area contributed by atoms with Crippen LogP contribution in [-0.2, 0) is 14.8 Å². The fourth-order valence-electron chi connectivity index (χ4n) is 4.53. The first-order valence-electron chi connectivity index (χ1n) is 11.1. The summed E-state index contributed by atoms with van der Waals surface area (Å²) in [7, 11) is -3.60. The molecule has 1 aromatic carbocycles. The van der Waals surface area contributed by atoms with Crippen LogP contribution in [0.2, 0.25) is 0 Å². The maximum Gasteiger partial charge on any atom is 0.252 e. The number of hydrogen-bond donors (Lipinski definition) is 1. The van der Waals surface area contributed by atoms with Gasteiger partial charge in [0.1, 0.15) is 5.54 Å². The average molecular weight is 436 g/mol. The zero-order valence-electron chi connectivity index (χ0n) is 18.0. The van der Waals surface area contributed by atoms with Gasteiger partial charge in [0.25, 0.3) is 5.91 Å². The van der Waals surface area contributed by atoms with Crippen LogP contribution in [0.5, 0.6) is 0 Å². The van der Waals surface area contributed by atoms with Gasteiger partial charge in [0, 0.05) is 31.7 Å². The maximum atomic E-state index is 13.3. The third kappa shape index (κ3) is 4.54. The van der Waals surface area contributed by atoms with Crippen molar-refractivity contribution in [3.8, 4) is 0 Å². The minimum atomic E-state index is -3.60. The second kappa shape index (κ2) is 9.47. The highest BCUT2D eigenvalue weighted by atomic mass is 32.2. The fraction of sp³-hybridized carbons (Fsp3) is 0.636. The van der Waals surface area contributed by atoms with Gasteiger partial charge in [-0.05, 0) is 57.7 Å². The molecule has 0 atom stereocenters. The number of benzene rings is 1. The molecule has 2 fully saturated rings. The Hall–Kier alpha value is -1.93. The van der Waals surface area contributed by atoms with E-state index in [4.69, 9.17) is 0 Å². The van der Waals surface area contributed by atoms with Crippen molar-refractivity contribution in [1.29, 1.82) is 0 Å². The third-order valence-corrected chi connectivity index (χ3v) is 8.21. The standard InChI is InChI=1S/C22H33N3O4S/c1-3-24(4-2)21(27)22(13-6-5-7-14-22)23-20(26)18-11-10-12-19(17-18)30(28,29)25-15-8-9-16-25/h10-12,17H,3-9,13-16H2,1-2H3,(H,23,26). The van der Waals surface area contributed by atoms with E-state index < -0.39 is 21.5 Å². The number of likely N-dealkylation sites (N-methyl/N-ethyl adjacent to an activating group) is 1. The first kappa shape index (κ1) is 22.7. The zero-order valence-corrected chi connectivity index (χ0v) is 18.8. The quantitative estimate of drug-likeness (QED) is 0.713. The van der Waals surface area contributed by atoms with Crippen LogP contribution < -0.4 is 5.32 Å². The lowest BCUT2D eigenvalue weighted by molar-refractivity contribution is -0.139. The van der Waals surface area contributed by atoms with Gasteiger partial charge in [-0.1, -0.05) is 25.3 Å². The highest BCUT2D eigenvalue weighted by Gasteiger charge is 2.43. The molecule has 1 aliphatic carbocycles. The summed E-state index contributed by atoms with van der Waals surface area (Å²) in [5, 5.41) is 3.01. The Kier molecular flexibility index (Phi) is 7.18. The fourth-order valence-corrected chi connectivity index (χ4v) is 6.09. The number of nitrogens with one attached hydrogen (secondary N) is 1. The zero-order chi connectivity index (χ0) is 21.8. The number of nitrogens with zero attached hydrogens (tertiary/aromatic N) is 2. The minimum Gasteiger partial charge on any atom is -0.341 e. The molecular formula is C22H33N3O4S. The molecule has 1 N–H and O–H groups in total. The van der Waals surface area contributed by atoms with Gasteiger partial charge in [0.2, 0.25) is 15.9 Å². The maximum absolute atomic E-state index is 13.3. The number of carbonyl (C=O) groups excluding carboxylic acids is 2. The van der Waals surface area contributed by atoms with Crippen LogP contribution in [0.25, 0.3) is 0 Å². The van der Waals surface area contributed by atoms with E-state index in [0.717, 1.165) is 32.1 Å². The normalized spacial score (nSPS) is 19.4. The molecule has 1 aliphatic heterocycles. The second-order valence-corrected chi connectivity index (χ2v) is 10.2. The Balaban J connectivity index is 1.85. The topological polar surface area (TPSA) is 86.8 Å². The van der Waals surface area contributed by atoms with Gasteiger partial charge < -0.3 is 10.2 Å². The van der Waals surface area contributed by atoms with E-state index in [1.54, 1.807) is 17.0 Å². The van der Waals surface area contributed by atoms with Crippen LogP contribution in [0.4, 0.5) is 0 Å². The van der Waals surface area contributed by atoms with Crippen molar-refractivity contribution < 1.29 is 18.0 Å². The number of carbonyl (C=O) groups is 2. The number of hydrogen-bond acceptors (Lipinski definition) is 4. The highest BCUT2D eigenvalue weighted by molar-refractivity contribution is 7.89. The van der Waals surface area contributed by atoms with E-state index in [9.17, 15) is 18.0 Å².